The number of carboxylic acids is 1. The maximum atomic E-state index is 10.6. The lowest BCUT2D eigenvalue weighted by atomic mass is 10.2. The van der Waals surface area contributed by atoms with E-state index >= 15 is 0 Å². The molecular weight excluding hydrogens is 152 g/mol. The Bertz CT molecular complexity index is 312. The standard InChI is InChI=1S/C5H6N2O4/c6-3(4(8)9)2-1-7-11-5(2)10/h1,3,7H,6H2,(H,8,9)/t3-/m1/s1. The van der Waals surface area contributed by atoms with Crippen LogP contribution in [0.3, 0.4) is 0 Å². The summed E-state index contributed by atoms with van der Waals surface area (Å²) >= 11 is 0. The highest BCUT2D eigenvalue weighted by Gasteiger charge is 2.19. The smallest absolute Gasteiger partial charge is 0.362 e. The fourth-order valence-electron chi connectivity index (χ4n) is 0.614. The van der Waals surface area contributed by atoms with Gasteiger partial charge in [-0.1, -0.05) is 0 Å². The lowest BCUT2D eigenvalue weighted by molar-refractivity contribution is -0.138. The van der Waals surface area contributed by atoms with E-state index in [2.05, 4.69) is 9.68 Å². The van der Waals surface area contributed by atoms with Gasteiger partial charge in [0.1, 0.15) is 6.04 Å². The SMILES string of the molecule is N[C@@H](C(=O)O)c1c[nH]oc1=O. The average Bonchev–Trinajstić information content (AvgIpc) is 2.33. The van der Waals surface area contributed by atoms with Gasteiger partial charge in [-0.2, -0.15) is 0 Å². The van der Waals surface area contributed by atoms with E-state index in [9.17, 15) is 9.59 Å². The van der Waals surface area contributed by atoms with Crippen LogP contribution in [0.5, 0.6) is 0 Å². The maximum absolute atomic E-state index is 10.6. The van der Waals surface area contributed by atoms with Crippen molar-refractivity contribution >= 4 is 5.97 Å². The van der Waals surface area contributed by atoms with Crippen molar-refractivity contribution in [2.45, 2.75) is 6.04 Å². The summed E-state index contributed by atoms with van der Waals surface area (Å²) in [6.07, 6.45) is 1.13. The highest BCUT2D eigenvalue weighted by Crippen LogP contribution is 2.02. The summed E-state index contributed by atoms with van der Waals surface area (Å²) in [5.74, 6) is -1.27. The predicted octanol–water partition coefficient (Wildman–Crippen LogP) is -0.948. The first kappa shape index (κ1) is 7.55. The molecule has 0 fully saturated rings. The number of aromatic amines is 1. The molecule has 0 amide bonds. The van der Waals surface area contributed by atoms with Crippen molar-refractivity contribution in [3.05, 3.63) is 22.2 Å². The Hall–Kier alpha value is -1.56. The van der Waals surface area contributed by atoms with Crippen LogP contribution in [0, 0.1) is 0 Å². The van der Waals surface area contributed by atoms with Crippen LogP contribution in [0.2, 0.25) is 0 Å². The normalized spacial score (nSPS) is 12.8. The Kier molecular flexibility index (Phi) is 1.77. The van der Waals surface area contributed by atoms with Crippen molar-refractivity contribution in [2.24, 2.45) is 5.73 Å². The van der Waals surface area contributed by atoms with E-state index in [4.69, 9.17) is 10.8 Å². The molecule has 0 aliphatic carbocycles. The van der Waals surface area contributed by atoms with Gasteiger partial charge in [0.2, 0.25) is 0 Å². The lowest BCUT2D eigenvalue weighted by Crippen LogP contribution is -2.24. The summed E-state index contributed by atoms with van der Waals surface area (Å²) < 4.78 is 4.21. The molecule has 0 aliphatic rings. The zero-order chi connectivity index (χ0) is 8.43. The van der Waals surface area contributed by atoms with E-state index < -0.39 is 17.6 Å². The second kappa shape index (κ2) is 2.59. The quantitative estimate of drug-likeness (QED) is 0.514. The topological polar surface area (TPSA) is 109 Å². The van der Waals surface area contributed by atoms with Crippen LogP contribution in [0.25, 0.3) is 0 Å². The molecule has 1 aromatic heterocycles. The number of carboxylic acid groups (broad SMARTS) is 1. The van der Waals surface area contributed by atoms with Gasteiger partial charge in [0.25, 0.3) is 0 Å². The molecule has 0 bridgehead atoms. The summed E-state index contributed by atoms with van der Waals surface area (Å²) in [5.41, 5.74) is 4.27. The summed E-state index contributed by atoms with van der Waals surface area (Å²) in [7, 11) is 0. The molecule has 6 nitrogen and oxygen atoms in total. The fourth-order valence-corrected chi connectivity index (χ4v) is 0.614. The molecule has 0 aromatic carbocycles. The first-order valence-corrected chi connectivity index (χ1v) is 2.78. The third kappa shape index (κ3) is 1.30. The average molecular weight is 158 g/mol. The van der Waals surface area contributed by atoms with Crippen molar-refractivity contribution in [3.8, 4) is 0 Å². The minimum absolute atomic E-state index is 0.0856. The molecular formula is C5H6N2O4. The van der Waals surface area contributed by atoms with E-state index in [0.29, 0.717) is 0 Å². The number of carbonyl (C=O) groups is 1. The Morgan fingerprint density at radius 3 is 2.82 bits per heavy atom. The van der Waals surface area contributed by atoms with Gasteiger partial charge in [0.05, 0.1) is 5.56 Å². The Balaban J connectivity index is 3.02. The van der Waals surface area contributed by atoms with Crippen LogP contribution in [0.4, 0.5) is 0 Å². The molecule has 0 spiro atoms. The number of hydrogen-bond acceptors (Lipinski definition) is 4. The molecule has 0 saturated carbocycles. The van der Waals surface area contributed by atoms with Gasteiger partial charge in [-0.25, -0.2) is 9.95 Å². The molecule has 60 valence electrons. The molecule has 6 heteroatoms. The largest absolute Gasteiger partial charge is 0.480 e. The van der Waals surface area contributed by atoms with Crippen molar-refractivity contribution in [3.63, 3.8) is 0 Å². The molecule has 11 heavy (non-hydrogen) atoms. The maximum Gasteiger partial charge on any atom is 0.362 e. The number of nitrogens with two attached hydrogens (primary N) is 1. The zero-order valence-corrected chi connectivity index (χ0v) is 5.40. The van der Waals surface area contributed by atoms with Crippen molar-refractivity contribution < 1.29 is 14.4 Å². The van der Waals surface area contributed by atoms with Crippen molar-refractivity contribution in [2.75, 3.05) is 0 Å². The minimum atomic E-state index is -1.32. The third-order valence-electron chi connectivity index (χ3n) is 1.20. The Labute approximate surface area is 60.6 Å². The molecule has 1 heterocycles. The monoisotopic (exact) mass is 158 g/mol. The molecule has 0 saturated heterocycles. The molecule has 1 aromatic rings. The first-order chi connectivity index (χ1) is 5.13. The van der Waals surface area contributed by atoms with Gasteiger partial charge >= 0.3 is 11.6 Å². The number of nitrogens with one attached hydrogen (secondary N) is 1. The van der Waals surface area contributed by atoms with Crippen molar-refractivity contribution in [1.82, 2.24) is 5.16 Å². The van der Waals surface area contributed by atoms with Gasteiger partial charge in [0, 0.05) is 6.20 Å². The van der Waals surface area contributed by atoms with E-state index in [-0.39, 0.29) is 5.56 Å². The van der Waals surface area contributed by atoms with E-state index in [1.807, 2.05) is 0 Å². The van der Waals surface area contributed by atoms with E-state index in [1.54, 1.807) is 0 Å². The van der Waals surface area contributed by atoms with Crippen LogP contribution in [-0.4, -0.2) is 16.2 Å². The molecule has 4 N–H and O–H groups in total. The number of hydrogen-bond donors (Lipinski definition) is 3. The van der Waals surface area contributed by atoms with E-state index in [0.717, 1.165) is 6.20 Å². The number of aromatic nitrogens is 1. The summed E-state index contributed by atoms with van der Waals surface area (Å²) in [4.78, 5) is 20.9. The van der Waals surface area contributed by atoms with Crippen LogP contribution in [-0.2, 0) is 4.79 Å². The molecule has 0 radical (unpaired) electrons. The van der Waals surface area contributed by atoms with Crippen LogP contribution < -0.4 is 11.4 Å². The summed E-state index contributed by atoms with van der Waals surface area (Å²) in [5, 5.41) is 10.5. The number of aliphatic carboxylic acids is 1. The van der Waals surface area contributed by atoms with Gasteiger partial charge < -0.3 is 15.4 Å². The van der Waals surface area contributed by atoms with Crippen LogP contribution in [0.15, 0.2) is 15.5 Å². The van der Waals surface area contributed by atoms with Gasteiger partial charge in [0.15, 0.2) is 0 Å². The van der Waals surface area contributed by atoms with Gasteiger partial charge in [-0.3, -0.25) is 4.79 Å². The molecule has 1 rings (SSSR count). The lowest BCUT2D eigenvalue weighted by Gasteiger charge is -1.97. The molecule has 1 atom stereocenters. The van der Waals surface area contributed by atoms with Gasteiger partial charge in [-0.15, -0.1) is 0 Å². The second-order valence-corrected chi connectivity index (χ2v) is 1.92. The predicted molar refractivity (Wildman–Crippen MR) is 33.9 cm³/mol. The zero-order valence-electron chi connectivity index (χ0n) is 5.40. The second-order valence-electron chi connectivity index (χ2n) is 1.92. The van der Waals surface area contributed by atoms with Crippen molar-refractivity contribution in [1.29, 1.82) is 0 Å². The van der Waals surface area contributed by atoms with Crippen LogP contribution >= 0.6 is 0 Å². The van der Waals surface area contributed by atoms with E-state index in [1.165, 1.54) is 0 Å². The number of H-pyrrole nitrogens is 1. The van der Waals surface area contributed by atoms with Crippen LogP contribution in [0.1, 0.15) is 11.6 Å². The molecule has 0 unspecified atom stereocenters. The minimum Gasteiger partial charge on any atom is -0.480 e. The Morgan fingerprint density at radius 1 is 1.82 bits per heavy atom. The number of rotatable bonds is 2. The fraction of sp³-hybridized carbons (Fsp3) is 0.200. The Morgan fingerprint density at radius 2 is 2.45 bits per heavy atom. The summed E-state index contributed by atoms with van der Waals surface area (Å²) in [6, 6.07) is -1.32. The highest BCUT2D eigenvalue weighted by atomic mass is 16.5. The summed E-state index contributed by atoms with van der Waals surface area (Å²) in [6.45, 7) is 0. The third-order valence-corrected chi connectivity index (χ3v) is 1.20. The first-order valence-electron chi connectivity index (χ1n) is 2.78. The molecule has 0 aliphatic heterocycles. The van der Waals surface area contributed by atoms with Gasteiger partial charge in [-0.05, 0) is 0 Å². The highest BCUT2D eigenvalue weighted by molar-refractivity contribution is 5.74.